The van der Waals surface area contributed by atoms with Crippen molar-refractivity contribution in [1.29, 1.82) is 0 Å². The van der Waals surface area contributed by atoms with Gasteiger partial charge >= 0.3 is 0 Å². The number of hydrogen-bond acceptors (Lipinski definition) is 3. The van der Waals surface area contributed by atoms with Gasteiger partial charge in [-0.2, -0.15) is 0 Å². The van der Waals surface area contributed by atoms with Crippen molar-refractivity contribution in [1.82, 2.24) is 5.32 Å². The van der Waals surface area contributed by atoms with E-state index in [1.165, 1.54) is 5.69 Å². The van der Waals surface area contributed by atoms with E-state index in [9.17, 15) is 0 Å². The highest BCUT2D eigenvalue weighted by atomic mass is 127. The molecule has 0 bridgehead atoms. The Morgan fingerprint density at radius 2 is 1.95 bits per heavy atom. The zero-order chi connectivity index (χ0) is 15.1. The fraction of sp³-hybridized carbons (Fsp3) is 0.438. The Morgan fingerprint density at radius 3 is 2.55 bits per heavy atom. The van der Waals surface area contributed by atoms with Crippen molar-refractivity contribution in [2.45, 2.75) is 19.5 Å². The van der Waals surface area contributed by atoms with Crippen LogP contribution in [-0.4, -0.2) is 38.8 Å². The number of benzene rings is 1. The van der Waals surface area contributed by atoms with Crippen LogP contribution in [0.4, 0.5) is 5.69 Å². The van der Waals surface area contributed by atoms with Crippen molar-refractivity contribution < 1.29 is 4.74 Å². The molecule has 0 amide bonds. The molecule has 0 aliphatic carbocycles. The standard InChI is InChI=1S/C16H24N4O.HI/c1-13(12-21-2)19-16(17)18-11-14-5-7-15(8-6-14)20-9-3-4-10-20;/h3-8,13H,9-12H2,1-2H3,(H3,17,18,19);1H. The van der Waals surface area contributed by atoms with Gasteiger partial charge in [-0.15, -0.1) is 24.0 Å². The average molecular weight is 416 g/mol. The fourth-order valence-electron chi connectivity index (χ4n) is 2.27. The molecule has 1 aliphatic rings. The lowest BCUT2D eigenvalue weighted by molar-refractivity contribution is 0.179. The van der Waals surface area contributed by atoms with E-state index in [2.05, 4.69) is 51.6 Å². The second kappa shape index (κ2) is 9.68. The van der Waals surface area contributed by atoms with Crippen molar-refractivity contribution in [3.05, 3.63) is 42.0 Å². The Kier molecular flexibility index (Phi) is 8.26. The number of aliphatic imine (C=N–C) groups is 1. The molecule has 22 heavy (non-hydrogen) atoms. The SMILES string of the molecule is COCC(C)NC(N)=NCc1ccc(N2CC=CC2)cc1.I. The Hall–Kier alpha value is -1.28. The fourth-order valence-corrected chi connectivity index (χ4v) is 2.27. The summed E-state index contributed by atoms with van der Waals surface area (Å²) in [6, 6.07) is 8.62. The minimum Gasteiger partial charge on any atom is -0.383 e. The molecule has 6 heteroatoms. The molecule has 1 unspecified atom stereocenters. The second-order valence-corrected chi connectivity index (χ2v) is 5.25. The number of anilines is 1. The topological polar surface area (TPSA) is 62.9 Å². The second-order valence-electron chi connectivity index (χ2n) is 5.25. The lowest BCUT2D eigenvalue weighted by Gasteiger charge is -2.17. The summed E-state index contributed by atoms with van der Waals surface area (Å²) in [6.45, 7) is 5.17. The van der Waals surface area contributed by atoms with Gasteiger partial charge in [0, 0.05) is 31.9 Å². The van der Waals surface area contributed by atoms with Gasteiger partial charge in [0.05, 0.1) is 13.2 Å². The van der Waals surface area contributed by atoms with Crippen molar-refractivity contribution in [2.24, 2.45) is 10.7 Å². The monoisotopic (exact) mass is 416 g/mol. The molecule has 5 nitrogen and oxygen atoms in total. The summed E-state index contributed by atoms with van der Waals surface area (Å²) in [4.78, 5) is 6.66. The molecule has 1 atom stereocenters. The first-order chi connectivity index (χ1) is 10.2. The van der Waals surface area contributed by atoms with E-state index in [0.717, 1.165) is 18.7 Å². The van der Waals surface area contributed by atoms with Crippen LogP contribution in [0.15, 0.2) is 41.4 Å². The molecule has 1 heterocycles. The van der Waals surface area contributed by atoms with E-state index in [4.69, 9.17) is 10.5 Å². The minimum absolute atomic E-state index is 0. The minimum atomic E-state index is 0. The van der Waals surface area contributed by atoms with Crippen LogP contribution >= 0.6 is 24.0 Å². The zero-order valence-corrected chi connectivity index (χ0v) is 15.5. The Morgan fingerprint density at radius 1 is 1.32 bits per heavy atom. The molecule has 3 N–H and O–H groups in total. The van der Waals surface area contributed by atoms with Crippen molar-refractivity contribution in [2.75, 3.05) is 31.7 Å². The first-order valence-corrected chi connectivity index (χ1v) is 7.23. The van der Waals surface area contributed by atoms with Gasteiger partial charge in [0.2, 0.25) is 0 Å². The normalized spacial score (nSPS) is 15.5. The summed E-state index contributed by atoms with van der Waals surface area (Å²) in [5.41, 5.74) is 8.24. The van der Waals surface area contributed by atoms with Gasteiger partial charge in [0.15, 0.2) is 5.96 Å². The Labute approximate surface area is 149 Å². The van der Waals surface area contributed by atoms with Crippen molar-refractivity contribution in [3.8, 4) is 0 Å². The third-order valence-electron chi connectivity index (χ3n) is 3.36. The maximum absolute atomic E-state index is 5.85. The first kappa shape index (κ1) is 18.8. The number of nitrogens with zero attached hydrogens (tertiary/aromatic N) is 2. The number of rotatable bonds is 6. The van der Waals surface area contributed by atoms with E-state index in [0.29, 0.717) is 19.1 Å². The number of nitrogens with one attached hydrogen (secondary N) is 1. The van der Waals surface area contributed by atoms with Crippen LogP contribution in [0, 0.1) is 0 Å². The smallest absolute Gasteiger partial charge is 0.189 e. The van der Waals surface area contributed by atoms with E-state index in [1.54, 1.807) is 7.11 Å². The first-order valence-electron chi connectivity index (χ1n) is 7.23. The number of nitrogens with two attached hydrogens (primary N) is 1. The number of halogens is 1. The van der Waals surface area contributed by atoms with Crippen LogP contribution in [0.2, 0.25) is 0 Å². The number of guanidine groups is 1. The third-order valence-corrected chi connectivity index (χ3v) is 3.36. The summed E-state index contributed by atoms with van der Waals surface area (Å²) < 4.78 is 5.05. The van der Waals surface area contributed by atoms with E-state index < -0.39 is 0 Å². The summed E-state index contributed by atoms with van der Waals surface area (Å²) in [7, 11) is 1.67. The lowest BCUT2D eigenvalue weighted by Crippen LogP contribution is -2.40. The molecule has 0 aromatic heterocycles. The van der Waals surface area contributed by atoms with Crippen LogP contribution in [-0.2, 0) is 11.3 Å². The molecular formula is C16H25IN4O. The molecule has 1 aliphatic heterocycles. The zero-order valence-electron chi connectivity index (χ0n) is 13.2. The summed E-state index contributed by atoms with van der Waals surface area (Å²) in [5.74, 6) is 0.451. The predicted molar refractivity (Wildman–Crippen MR) is 103 cm³/mol. The van der Waals surface area contributed by atoms with Gasteiger partial charge in [0.25, 0.3) is 0 Å². The highest BCUT2D eigenvalue weighted by molar-refractivity contribution is 14.0. The van der Waals surface area contributed by atoms with Crippen LogP contribution in [0.25, 0.3) is 0 Å². The molecule has 0 saturated carbocycles. The third kappa shape index (κ3) is 5.84. The highest BCUT2D eigenvalue weighted by Gasteiger charge is 2.07. The van der Waals surface area contributed by atoms with Crippen LogP contribution in [0.1, 0.15) is 12.5 Å². The largest absolute Gasteiger partial charge is 0.383 e. The van der Waals surface area contributed by atoms with Gasteiger partial charge in [-0.05, 0) is 24.6 Å². The molecule has 0 saturated heterocycles. The Balaban J connectivity index is 0.00000242. The van der Waals surface area contributed by atoms with E-state index in [-0.39, 0.29) is 30.0 Å². The molecule has 1 aromatic rings. The number of methoxy groups -OCH3 is 1. The summed E-state index contributed by atoms with van der Waals surface area (Å²) >= 11 is 0. The predicted octanol–water partition coefficient (Wildman–Crippen LogP) is 2.12. The van der Waals surface area contributed by atoms with Gasteiger partial charge in [-0.3, -0.25) is 0 Å². The van der Waals surface area contributed by atoms with Crippen LogP contribution in [0.3, 0.4) is 0 Å². The van der Waals surface area contributed by atoms with Gasteiger partial charge in [-0.1, -0.05) is 24.3 Å². The maximum Gasteiger partial charge on any atom is 0.189 e. The molecule has 0 spiro atoms. The number of ether oxygens (including phenoxy) is 1. The highest BCUT2D eigenvalue weighted by Crippen LogP contribution is 2.17. The summed E-state index contributed by atoms with van der Waals surface area (Å²) in [6.07, 6.45) is 4.37. The van der Waals surface area contributed by atoms with Gasteiger partial charge in [-0.25, -0.2) is 4.99 Å². The van der Waals surface area contributed by atoms with E-state index >= 15 is 0 Å². The van der Waals surface area contributed by atoms with Crippen LogP contribution < -0.4 is 16.0 Å². The van der Waals surface area contributed by atoms with E-state index in [1.807, 2.05) is 6.92 Å². The molecule has 0 radical (unpaired) electrons. The molecule has 0 fully saturated rings. The Bertz CT molecular complexity index is 493. The average Bonchev–Trinajstić information content (AvgIpc) is 3.00. The summed E-state index contributed by atoms with van der Waals surface area (Å²) in [5, 5.41) is 3.09. The van der Waals surface area contributed by atoms with Crippen molar-refractivity contribution in [3.63, 3.8) is 0 Å². The molecule has 1 aromatic carbocycles. The maximum atomic E-state index is 5.85. The molecular weight excluding hydrogens is 391 g/mol. The van der Waals surface area contributed by atoms with Crippen LogP contribution in [0.5, 0.6) is 0 Å². The lowest BCUT2D eigenvalue weighted by atomic mass is 10.2. The molecule has 122 valence electrons. The number of hydrogen-bond donors (Lipinski definition) is 2. The molecule has 2 rings (SSSR count). The van der Waals surface area contributed by atoms with Gasteiger partial charge in [0.1, 0.15) is 0 Å². The van der Waals surface area contributed by atoms with Crippen molar-refractivity contribution >= 4 is 35.6 Å². The van der Waals surface area contributed by atoms with Gasteiger partial charge < -0.3 is 20.7 Å². The quantitative estimate of drug-likeness (QED) is 0.323.